The zero-order valence-electron chi connectivity index (χ0n) is 44.9. The molecule has 2 aliphatic heterocycles. The van der Waals surface area contributed by atoms with Crippen LogP contribution in [0.2, 0.25) is 5.31 Å². The van der Waals surface area contributed by atoms with Crippen LogP contribution in [0.5, 0.6) is 0 Å². The minimum Gasteiger partial charge on any atom is -0.456 e. The summed E-state index contributed by atoms with van der Waals surface area (Å²) in [4.78, 5) is 5.39. The highest BCUT2D eigenvalue weighted by atomic mass is 16.3. The lowest BCUT2D eigenvalue weighted by Gasteiger charge is -2.56. The van der Waals surface area contributed by atoms with Gasteiger partial charge in [-0.05, 0) is 192 Å². The van der Waals surface area contributed by atoms with Gasteiger partial charge in [0, 0.05) is 39.0 Å². The Kier molecular flexibility index (Phi) is 11.2. The highest BCUT2D eigenvalue weighted by Crippen LogP contribution is 2.63. The quantitative estimate of drug-likeness (QED) is 0.0955. The van der Waals surface area contributed by atoms with Gasteiger partial charge in [-0.25, -0.2) is 0 Å². The van der Waals surface area contributed by atoms with Crippen LogP contribution in [0.15, 0.2) is 135 Å². The Morgan fingerprint density at radius 2 is 1.44 bits per heavy atom. The van der Waals surface area contributed by atoms with Crippen molar-refractivity contribution in [2.45, 2.75) is 158 Å². The summed E-state index contributed by atoms with van der Waals surface area (Å²) < 4.78 is 14.0. The van der Waals surface area contributed by atoms with E-state index in [4.69, 9.17) is 8.83 Å². The Bertz CT molecular complexity index is 3540. The van der Waals surface area contributed by atoms with Crippen LogP contribution in [0.25, 0.3) is 39.0 Å². The number of benzene rings is 5. The average Bonchev–Trinajstić information content (AvgIpc) is 3.82. The van der Waals surface area contributed by atoms with E-state index >= 15 is 0 Å². The predicted molar refractivity (Wildman–Crippen MR) is 307 cm³/mol. The molecule has 3 atom stereocenters. The van der Waals surface area contributed by atoms with Crippen LogP contribution in [0.3, 0.4) is 0 Å². The first-order chi connectivity index (χ1) is 34.6. The molecule has 12 rings (SSSR count). The number of nitrogens with zero attached hydrogens (tertiary/aromatic N) is 2. The molecule has 4 nitrogen and oxygen atoms in total. The van der Waals surface area contributed by atoms with Crippen molar-refractivity contribution in [3.63, 3.8) is 0 Å². The van der Waals surface area contributed by atoms with Crippen LogP contribution < -0.4 is 20.7 Å². The molecule has 7 aromatic rings. The molecule has 1 saturated carbocycles. The van der Waals surface area contributed by atoms with Gasteiger partial charge in [-0.15, -0.1) is 0 Å². The lowest BCUT2D eigenvalue weighted by atomic mass is 9.22. The topological polar surface area (TPSA) is 32.8 Å². The summed E-state index contributed by atoms with van der Waals surface area (Å²) in [6, 6.07) is 31.0. The van der Waals surface area contributed by atoms with Gasteiger partial charge in [0.1, 0.15) is 22.5 Å². The number of anilines is 4. The second kappa shape index (κ2) is 17.2. The van der Waals surface area contributed by atoms with E-state index in [1.807, 2.05) is 0 Å². The van der Waals surface area contributed by atoms with E-state index in [1.54, 1.807) is 0 Å². The monoisotopic (exact) mass is 949 g/mol. The normalized spacial score (nSPS) is 20.7. The highest BCUT2D eigenvalue weighted by Gasteiger charge is 2.59. The summed E-state index contributed by atoms with van der Waals surface area (Å²) in [7, 11) is 0. The zero-order chi connectivity index (χ0) is 50.0. The number of allylic oxidation sites excluding steroid dienone is 4. The minimum absolute atomic E-state index is 0.0177. The smallest absolute Gasteiger partial charge is 0.229 e. The standard InChI is InChI=1S/C67H73BN2O2/c1-12-15-19-44-23-26-56-49(38-44)60-58(71-56)28-25-53-63(60)69(47-21-17-22-51-52(40-47)66(9,10)32-31-65(51,7)8)54-35-42(5)36-55-62(54)68(53)67(11)30-29-59-61(50-39-46(43(6)18-14-3)24-27-57(50)72-59)64(67)70(55)48-34-41(4)33-45(37-48)20-16-13-2/h17,21-30,33-39,43,64H,12-16,18-20,31-32H2,1-11H3. The molecular weight excluding hydrogens is 876 g/mol. The van der Waals surface area contributed by atoms with Gasteiger partial charge in [-0.1, -0.05) is 130 Å². The van der Waals surface area contributed by atoms with Gasteiger partial charge in [0.2, 0.25) is 6.71 Å². The fraction of sp³-hybridized carbons (Fsp3) is 0.388. The fourth-order valence-corrected chi connectivity index (χ4v) is 13.9. The first kappa shape index (κ1) is 46.9. The lowest BCUT2D eigenvalue weighted by Crippen LogP contribution is -2.64. The Balaban J connectivity index is 1.22. The molecular formula is C67H73BN2O2. The molecule has 0 N–H and O–H groups in total. The van der Waals surface area contributed by atoms with Gasteiger partial charge < -0.3 is 18.6 Å². The molecule has 0 saturated heterocycles. The first-order valence-electron chi connectivity index (χ1n) is 27.6. The number of hydrogen-bond acceptors (Lipinski definition) is 4. The molecule has 2 aromatic heterocycles. The molecule has 0 radical (unpaired) electrons. The number of rotatable bonds is 11. The van der Waals surface area contributed by atoms with Crippen molar-refractivity contribution in [3.8, 4) is 0 Å². The number of fused-ring (bicyclic) bond motifs is 13. The number of unbranched alkanes of at least 4 members (excludes halogenated alkanes) is 2. The van der Waals surface area contributed by atoms with E-state index in [0.717, 1.165) is 92.4 Å². The van der Waals surface area contributed by atoms with E-state index in [9.17, 15) is 0 Å². The summed E-state index contributed by atoms with van der Waals surface area (Å²) in [5, 5.41) is 3.18. The van der Waals surface area contributed by atoms with Gasteiger partial charge in [0.15, 0.2) is 0 Å². The van der Waals surface area contributed by atoms with E-state index in [0.29, 0.717) is 5.92 Å². The molecule has 0 bridgehead atoms. The number of hydrogen-bond donors (Lipinski definition) is 0. The van der Waals surface area contributed by atoms with Crippen molar-refractivity contribution in [2.75, 3.05) is 9.80 Å². The molecule has 0 spiro atoms. The van der Waals surface area contributed by atoms with Crippen molar-refractivity contribution in [1.29, 1.82) is 0 Å². The van der Waals surface area contributed by atoms with Gasteiger partial charge in [0.25, 0.3) is 0 Å². The second-order valence-corrected chi connectivity index (χ2v) is 24.1. The maximum absolute atomic E-state index is 7.01. The molecule has 72 heavy (non-hydrogen) atoms. The van der Waals surface area contributed by atoms with Gasteiger partial charge in [0.05, 0.1) is 22.8 Å². The Hall–Kier alpha value is -6.16. The third-order valence-electron chi connectivity index (χ3n) is 17.8. The van der Waals surface area contributed by atoms with Gasteiger partial charge in [-0.2, -0.15) is 0 Å². The van der Waals surface area contributed by atoms with Crippen molar-refractivity contribution in [2.24, 2.45) is 10.8 Å². The van der Waals surface area contributed by atoms with Crippen molar-refractivity contribution < 1.29 is 8.83 Å². The maximum Gasteiger partial charge on any atom is 0.229 e. The largest absolute Gasteiger partial charge is 0.456 e. The molecule has 1 fully saturated rings. The van der Waals surface area contributed by atoms with Gasteiger partial charge >= 0.3 is 0 Å². The minimum atomic E-state index is -0.435. The predicted octanol–water partition coefficient (Wildman–Crippen LogP) is 18.0. The molecule has 3 aliphatic carbocycles. The maximum atomic E-state index is 7.01. The van der Waals surface area contributed by atoms with Crippen LogP contribution >= 0.6 is 0 Å². The van der Waals surface area contributed by atoms with Crippen LogP contribution in [0.4, 0.5) is 22.7 Å². The second-order valence-electron chi connectivity index (χ2n) is 24.1. The van der Waals surface area contributed by atoms with E-state index in [1.165, 1.54) is 94.4 Å². The van der Waals surface area contributed by atoms with Gasteiger partial charge in [-0.3, -0.25) is 0 Å². The third kappa shape index (κ3) is 7.22. The molecule has 5 heteroatoms. The van der Waals surface area contributed by atoms with E-state index in [2.05, 4.69) is 201 Å². The van der Waals surface area contributed by atoms with Crippen LogP contribution in [-0.4, -0.2) is 6.71 Å². The summed E-state index contributed by atoms with van der Waals surface area (Å²) >= 11 is 0. The van der Waals surface area contributed by atoms with Crippen molar-refractivity contribution >= 4 is 79.4 Å². The summed E-state index contributed by atoms with van der Waals surface area (Å²) in [6.45, 7) is 26.1. The zero-order valence-corrected chi connectivity index (χ0v) is 44.9. The number of furan rings is 2. The highest BCUT2D eigenvalue weighted by molar-refractivity contribution is 6.93. The Labute approximate surface area is 429 Å². The lowest BCUT2D eigenvalue weighted by molar-refractivity contribution is 0.260. The van der Waals surface area contributed by atoms with Crippen LogP contribution in [0, 0.1) is 24.7 Å². The molecule has 5 aliphatic rings. The molecule has 0 amide bonds. The average molecular weight is 949 g/mol. The number of aryl methyl sites for hydroxylation is 4. The van der Waals surface area contributed by atoms with Crippen molar-refractivity contribution in [1.82, 2.24) is 0 Å². The SMILES string of the molecule is CCCCc1cc(C)cc(N2c3cc(C)cc4c3B(c3ccc5oc6ccc(CCCC)cc6c5c3N4C3=C=C4C(=CC=C3)C(C)(C)CCC4(C)C)C3(C)C=Cc4oc5ccc(C(C)CCC)cc5c4C23)c1. The Morgan fingerprint density at radius 3 is 2.24 bits per heavy atom. The molecule has 4 heterocycles. The molecule has 366 valence electrons. The van der Waals surface area contributed by atoms with E-state index in [-0.39, 0.29) is 23.6 Å². The first-order valence-corrected chi connectivity index (χ1v) is 27.6. The Morgan fingerprint density at radius 1 is 0.722 bits per heavy atom. The molecule has 5 aromatic carbocycles. The van der Waals surface area contributed by atoms with Crippen LogP contribution in [-0.2, 0) is 12.8 Å². The van der Waals surface area contributed by atoms with Crippen LogP contribution in [0.1, 0.15) is 165 Å². The summed E-state index contributed by atoms with van der Waals surface area (Å²) in [5.74, 6) is 1.43. The third-order valence-corrected chi connectivity index (χ3v) is 17.8. The molecule has 3 unspecified atom stereocenters. The fourth-order valence-electron chi connectivity index (χ4n) is 13.9. The summed E-state index contributed by atoms with van der Waals surface area (Å²) in [5.41, 5.74) is 26.5. The van der Waals surface area contributed by atoms with E-state index < -0.39 is 5.31 Å². The van der Waals surface area contributed by atoms with Crippen molar-refractivity contribution in [3.05, 3.63) is 165 Å². The summed E-state index contributed by atoms with van der Waals surface area (Å²) in [6.07, 6.45) is 23.3.